The van der Waals surface area contributed by atoms with Crippen molar-refractivity contribution in [3.05, 3.63) is 63.9 Å². The minimum absolute atomic E-state index is 0.144. The zero-order valence-electron chi connectivity index (χ0n) is 12.4. The van der Waals surface area contributed by atoms with Crippen LogP contribution in [0.3, 0.4) is 0 Å². The van der Waals surface area contributed by atoms with E-state index in [1.54, 1.807) is 4.57 Å². The molecule has 0 N–H and O–H groups in total. The largest absolute Gasteiger partial charge is 0.871 e. The third-order valence-electron chi connectivity index (χ3n) is 4.42. The summed E-state index contributed by atoms with van der Waals surface area (Å²) in [5, 5.41) is 13.6. The Morgan fingerprint density at radius 2 is 1.91 bits per heavy atom. The van der Waals surface area contributed by atoms with E-state index in [1.807, 2.05) is 43.3 Å². The summed E-state index contributed by atoms with van der Waals surface area (Å²) >= 11 is 0. The molecule has 1 aliphatic heterocycles. The fourth-order valence-electron chi connectivity index (χ4n) is 3.50. The molecule has 3 nitrogen and oxygen atoms in total. The Hall–Kier alpha value is -2.55. The average molecular weight is 290 g/mol. The Morgan fingerprint density at radius 3 is 2.68 bits per heavy atom. The van der Waals surface area contributed by atoms with Crippen LogP contribution in [0.25, 0.3) is 22.0 Å². The molecule has 22 heavy (non-hydrogen) atoms. The van der Waals surface area contributed by atoms with Crippen molar-refractivity contribution < 1.29 is 5.11 Å². The van der Waals surface area contributed by atoms with Crippen LogP contribution in [0.4, 0.5) is 0 Å². The third-order valence-corrected chi connectivity index (χ3v) is 4.42. The fourth-order valence-corrected chi connectivity index (χ4v) is 3.50. The molecule has 110 valence electrons. The molecule has 0 amide bonds. The van der Waals surface area contributed by atoms with E-state index in [0.717, 1.165) is 29.5 Å². The number of nitrogens with zero attached hydrogens (tertiary/aromatic N) is 1. The summed E-state index contributed by atoms with van der Waals surface area (Å²) in [5.74, 6) is -0.144. The summed E-state index contributed by atoms with van der Waals surface area (Å²) in [4.78, 5) is 12.9. The zero-order valence-corrected chi connectivity index (χ0v) is 12.4. The second-order valence-electron chi connectivity index (χ2n) is 5.95. The predicted octanol–water partition coefficient (Wildman–Crippen LogP) is 3.00. The second kappa shape index (κ2) is 4.73. The smallest absolute Gasteiger partial charge is 0.258 e. The molecule has 0 radical (unpaired) electrons. The van der Waals surface area contributed by atoms with Gasteiger partial charge in [-0.15, -0.1) is 0 Å². The summed E-state index contributed by atoms with van der Waals surface area (Å²) in [6.45, 7) is 2.69. The highest BCUT2D eigenvalue weighted by molar-refractivity contribution is 5.94. The van der Waals surface area contributed by atoms with Gasteiger partial charge in [-0.05, 0) is 36.3 Å². The first-order valence-electron chi connectivity index (χ1n) is 7.59. The van der Waals surface area contributed by atoms with Crippen LogP contribution in [0.2, 0.25) is 0 Å². The average Bonchev–Trinajstić information content (AvgIpc) is 2.53. The Balaban J connectivity index is 2.19. The lowest BCUT2D eigenvalue weighted by molar-refractivity contribution is -0.265. The van der Waals surface area contributed by atoms with E-state index >= 15 is 0 Å². The van der Waals surface area contributed by atoms with Gasteiger partial charge in [0.1, 0.15) is 0 Å². The molecule has 1 aromatic heterocycles. The summed E-state index contributed by atoms with van der Waals surface area (Å²) in [5.41, 5.74) is 3.88. The molecule has 3 aromatic rings. The Bertz CT molecular complexity index is 939. The van der Waals surface area contributed by atoms with Gasteiger partial charge in [-0.2, -0.15) is 0 Å². The Labute approximate surface area is 128 Å². The van der Waals surface area contributed by atoms with Crippen molar-refractivity contribution in [2.45, 2.75) is 26.3 Å². The van der Waals surface area contributed by atoms with Crippen LogP contribution >= 0.6 is 0 Å². The van der Waals surface area contributed by atoms with Crippen molar-refractivity contribution in [2.24, 2.45) is 0 Å². The lowest BCUT2D eigenvalue weighted by atomic mass is 9.95. The standard InChI is InChI=1S/C19H17NO2/c1-12-10-14-8-5-9-20-17(14)15(11-12)18(21)16(19(20)22)13-6-3-2-4-7-13/h2-4,6-7,10-11,21H,5,8-9H2,1H3/p-1. The van der Waals surface area contributed by atoms with Gasteiger partial charge < -0.3 is 9.67 Å². The highest BCUT2D eigenvalue weighted by Gasteiger charge is 2.18. The topological polar surface area (TPSA) is 45.1 Å². The van der Waals surface area contributed by atoms with Gasteiger partial charge >= 0.3 is 0 Å². The van der Waals surface area contributed by atoms with Gasteiger partial charge in [-0.25, -0.2) is 0 Å². The molecule has 0 spiro atoms. The lowest BCUT2D eigenvalue weighted by Crippen LogP contribution is -2.27. The Morgan fingerprint density at radius 1 is 1.14 bits per heavy atom. The van der Waals surface area contributed by atoms with Crippen molar-refractivity contribution in [1.29, 1.82) is 0 Å². The first-order chi connectivity index (χ1) is 10.7. The molecule has 0 saturated carbocycles. The molecule has 3 heteroatoms. The monoisotopic (exact) mass is 290 g/mol. The minimum atomic E-state index is -0.159. The molecule has 0 unspecified atom stereocenters. The van der Waals surface area contributed by atoms with E-state index in [1.165, 1.54) is 0 Å². The van der Waals surface area contributed by atoms with Crippen molar-refractivity contribution in [1.82, 2.24) is 4.57 Å². The summed E-state index contributed by atoms with van der Waals surface area (Å²) < 4.78 is 1.79. The van der Waals surface area contributed by atoms with E-state index in [9.17, 15) is 9.90 Å². The molecular formula is C19H16NO2-. The maximum atomic E-state index is 12.9. The minimum Gasteiger partial charge on any atom is -0.871 e. The van der Waals surface area contributed by atoms with Gasteiger partial charge in [0.15, 0.2) is 0 Å². The molecule has 0 saturated heterocycles. The molecule has 0 fully saturated rings. The fraction of sp³-hybridized carbons (Fsp3) is 0.211. The normalized spacial score (nSPS) is 13.5. The molecule has 4 rings (SSSR count). The highest BCUT2D eigenvalue weighted by atomic mass is 16.3. The number of aromatic nitrogens is 1. The Kier molecular flexibility index (Phi) is 2.83. The van der Waals surface area contributed by atoms with Crippen molar-refractivity contribution in [2.75, 3.05) is 0 Å². The first-order valence-corrected chi connectivity index (χ1v) is 7.59. The van der Waals surface area contributed by atoms with Crippen LogP contribution in [0.1, 0.15) is 17.5 Å². The summed E-state index contributed by atoms with van der Waals surface area (Å²) in [7, 11) is 0. The van der Waals surface area contributed by atoms with Crippen molar-refractivity contribution in [3.8, 4) is 16.9 Å². The van der Waals surface area contributed by atoms with Crippen LogP contribution < -0.4 is 10.7 Å². The maximum Gasteiger partial charge on any atom is 0.258 e. The SMILES string of the molecule is Cc1cc2c3c(c1)c([O-])c(-c1ccccc1)c(=O)n3CCC2. The van der Waals surface area contributed by atoms with E-state index in [4.69, 9.17) is 0 Å². The van der Waals surface area contributed by atoms with E-state index < -0.39 is 0 Å². The molecule has 2 heterocycles. The summed E-state index contributed by atoms with van der Waals surface area (Å²) in [6, 6.07) is 13.3. The maximum absolute atomic E-state index is 12.9. The number of hydrogen-bond donors (Lipinski definition) is 0. The molecule has 0 bridgehead atoms. The third kappa shape index (κ3) is 1.78. The van der Waals surface area contributed by atoms with Crippen LogP contribution in [0, 0.1) is 6.92 Å². The van der Waals surface area contributed by atoms with Crippen LogP contribution in [-0.4, -0.2) is 4.57 Å². The van der Waals surface area contributed by atoms with Gasteiger partial charge in [0.25, 0.3) is 5.56 Å². The predicted molar refractivity (Wildman–Crippen MR) is 86.1 cm³/mol. The van der Waals surface area contributed by atoms with Gasteiger partial charge in [0.2, 0.25) is 0 Å². The number of aryl methyl sites for hydroxylation is 3. The molecule has 0 aliphatic carbocycles. The van der Waals surface area contributed by atoms with E-state index in [0.29, 0.717) is 23.1 Å². The van der Waals surface area contributed by atoms with Crippen LogP contribution in [0.5, 0.6) is 5.75 Å². The molecular weight excluding hydrogens is 274 g/mol. The number of benzene rings is 2. The van der Waals surface area contributed by atoms with Gasteiger partial charge in [0, 0.05) is 12.1 Å². The lowest BCUT2D eigenvalue weighted by Gasteiger charge is -2.26. The highest BCUT2D eigenvalue weighted by Crippen LogP contribution is 2.35. The first kappa shape index (κ1) is 13.1. The molecule has 0 atom stereocenters. The van der Waals surface area contributed by atoms with Gasteiger partial charge in [-0.1, -0.05) is 53.8 Å². The van der Waals surface area contributed by atoms with Crippen molar-refractivity contribution >= 4 is 10.9 Å². The number of rotatable bonds is 1. The van der Waals surface area contributed by atoms with Gasteiger partial charge in [0.05, 0.1) is 5.52 Å². The van der Waals surface area contributed by atoms with Crippen molar-refractivity contribution in [3.63, 3.8) is 0 Å². The second-order valence-corrected chi connectivity index (χ2v) is 5.95. The van der Waals surface area contributed by atoms with Crippen LogP contribution in [-0.2, 0) is 13.0 Å². The number of hydrogen-bond acceptors (Lipinski definition) is 2. The zero-order chi connectivity index (χ0) is 15.3. The molecule has 2 aromatic carbocycles. The number of pyridine rings is 1. The van der Waals surface area contributed by atoms with E-state index in [2.05, 4.69) is 6.07 Å². The van der Waals surface area contributed by atoms with Gasteiger partial charge in [-0.3, -0.25) is 4.79 Å². The molecule has 1 aliphatic rings. The summed E-state index contributed by atoms with van der Waals surface area (Å²) in [6.07, 6.45) is 1.87. The quantitative estimate of drug-likeness (QED) is 0.691. The van der Waals surface area contributed by atoms with Crippen LogP contribution in [0.15, 0.2) is 47.3 Å². The van der Waals surface area contributed by atoms with E-state index in [-0.39, 0.29) is 11.3 Å².